The van der Waals surface area contributed by atoms with Gasteiger partial charge >= 0.3 is 12.2 Å². The van der Waals surface area contributed by atoms with Crippen molar-refractivity contribution in [2.24, 2.45) is 5.92 Å². The minimum absolute atomic E-state index is 0.0648. The molecule has 3 aliphatic heterocycles. The van der Waals surface area contributed by atoms with Crippen LogP contribution in [0.25, 0.3) is 44.8 Å². The lowest BCUT2D eigenvalue weighted by molar-refractivity contribution is -0.136. The van der Waals surface area contributed by atoms with Crippen LogP contribution in [0.2, 0.25) is 0 Å². The van der Waals surface area contributed by atoms with Crippen LogP contribution in [-0.2, 0) is 20.2 Å². The quantitative estimate of drug-likeness (QED) is 0.120. The molecule has 3 amide bonds. The van der Waals surface area contributed by atoms with Gasteiger partial charge in [-0.25, -0.2) is 19.6 Å². The number of imidazole rings is 2. The number of aromatic nitrogens is 4. The summed E-state index contributed by atoms with van der Waals surface area (Å²) in [6.07, 6.45) is 5.88. The average molecular weight is 834 g/mol. The van der Waals surface area contributed by atoms with Crippen LogP contribution in [0.1, 0.15) is 94.2 Å². The molecule has 0 bridgehead atoms. The van der Waals surface area contributed by atoms with Crippen molar-refractivity contribution in [1.29, 1.82) is 0 Å². The minimum atomic E-state index is -3.26. The number of carbonyl (C=O) groups excluding carboxylic acids is 2. The molecule has 0 saturated carbocycles. The van der Waals surface area contributed by atoms with Gasteiger partial charge in [0.25, 0.3) is 5.92 Å². The number of nitrogens with one attached hydrogen (secondary N) is 3. The molecule has 13 nitrogen and oxygen atoms in total. The molecule has 1 aliphatic carbocycles. The molecule has 3 saturated heterocycles. The molecule has 0 spiro atoms. The third-order valence-electron chi connectivity index (χ3n) is 12.4. The number of aromatic amines is 2. The van der Waals surface area contributed by atoms with E-state index in [1.165, 1.54) is 6.07 Å². The van der Waals surface area contributed by atoms with Crippen molar-refractivity contribution in [2.45, 2.75) is 88.9 Å². The Balaban J connectivity index is 0.904. The van der Waals surface area contributed by atoms with Gasteiger partial charge in [0.15, 0.2) is 0 Å². The Morgan fingerprint density at radius 1 is 0.787 bits per heavy atom. The Kier molecular flexibility index (Phi) is 10.4. The van der Waals surface area contributed by atoms with E-state index in [4.69, 9.17) is 9.47 Å². The van der Waals surface area contributed by atoms with E-state index in [-0.39, 0.29) is 35.1 Å². The van der Waals surface area contributed by atoms with Crippen LogP contribution >= 0.6 is 0 Å². The number of hydrogen-bond donors (Lipinski definition) is 4. The highest BCUT2D eigenvalue weighted by Gasteiger charge is 2.45. The van der Waals surface area contributed by atoms with Gasteiger partial charge in [0.1, 0.15) is 23.3 Å². The summed E-state index contributed by atoms with van der Waals surface area (Å²) in [5.74, 6) is -2.51. The number of amides is 3. The Bertz CT molecular complexity index is 2470. The summed E-state index contributed by atoms with van der Waals surface area (Å²) in [4.78, 5) is 57.7. The molecule has 15 heteroatoms. The van der Waals surface area contributed by atoms with Gasteiger partial charge in [-0.1, -0.05) is 48.5 Å². The van der Waals surface area contributed by atoms with Crippen LogP contribution in [0.3, 0.4) is 0 Å². The molecule has 5 aromatic rings. The Morgan fingerprint density at radius 2 is 1.31 bits per heavy atom. The van der Waals surface area contributed by atoms with Gasteiger partial charge < -0.3 is 34.8 Å². The maximum absolute atomic E-state index is 16.4. The van der Waals surface area contributed by atoms with Crippen molar-refractivity contribution in [2.75, 3.05) is 26.3 Å². The zero-order chi connectivity index (χ0) is 42.6. The molecule has 318 valence electrons. The lowest BCUT2D eigenvalue weighted by Crippen LogP contribution is -2.52. The number of likely N-dealkylation sites (tertiary alicyclic amines) is 2. The summed E-state index contributed by atoms with van der Waals surface area (Å²) in [6.45, 7) is 7.54. The van der Waals surface area contributed by atoms with Crippen LogP contribution < -0.4 is 5.32 Å². The first-order valence-corrected chi connectivity index (χ1v) is 21.0. The summed E-state index contributed by atoms with van der Waals surface area (Å²) in [6, 6.07) is 16.4. The number of ether oxygens (including phenoxy) is 2. The Morgan fingerprint density at radius 3 is 1.92 bits per heavy atom. The van der Waals surface area contributed by atoms with Crippen molar-refractivity contribution in [3.05, 3.63) is 95.8 Å². The van der Waals surface area contributed by atoms with Crippen molar-refractivity contribution in [1.82, 2.24) is 35.1 Å². The summed E-state index contributed by atoms with van der Waals surface area (Å²) < 4.78 is 43.9. The highest BCUT2D eigenvalue weighted by Crippen LogP contribution is 2.53. The summed E-state index contributed by atoms with van der Waals surface area (Å²) in [5, 5.41) is 12.0. The number of nitrogens with zero attached hydrogens (tertiary/aromatic N) is 4. The number of rotatable bonds is 8. The molecule has 1 unspecified atom stereocenters. The van der Waals surface area contributed by atoms with Gasteiger partial charge in [-0.2, -0.15) is 8.78 Å². The van der Waals surface area contributed by atoms with Gasteiger partial charge in [-0.05, 0) is 105 Å². The number of benzene rings is 3. The fourth-order valence-electron chi connectivity index (χ4n) is 9.36. The van der Waals surface area contributed by atoms with E-state index in [1.54, 1.807) is 46.5 Å². The maximum atomic E-state index is 16.4. The fourth-order valence-corrected chi connectivity index (χ4v) is 9.36. The molecule has 9 rings (SSSR count). The standard InChI is InChI=1S/C46H49F2N7O6/c1-45(2,3)61-44(59)55-19-5-7-38(55)41-49-24-35(51-41)27-10-8-26(9-11-27)29-12-14-31-32-15-13-30(23-34(32)46(47,48)33(31)22-29)36-25-50-40(52-36)37-6-4-18-54(37)42(56)39(53-43(57)58)28-16-20-60-21-17-28/h8-15,22-25,28,37-39,53H,4-7,16-21H2,1-3H3,(H,49,51)(H,50,52)(H,57,58)/t37-,38-,39?/m0/s1. The third kappa shape index (κ3) is 7.75. The number of carboxylic acid groups (broad SMARTS) is 1. The van der Waals surface area contributed by atoms with Crippen molar-refractivity contribution in [3.8, 4) is 44.8 Å². The van der Waals surface area contributed by atoms with E-state index in [2.05, 4.69) is 25.3 Å². The van der Waals surface area contributed by atoms with Gasteiger partial charge in [-0.15, -0.1) is 0 Å². The molecule has 2 aromatic heterocycles. The van der Waals surface area contributed by atoms with Crippen LogP contribution in [0.15, 0.2) is 73.1 Å². The zero-order valence-electron chi connectivity index (χ0n) is 34.3. The topological polar surface area (TPSA) is 166 Å². The molecule has 4 aliphatic rings. The smallest absolute Gasteiger partial charge is 0.410 e. The number of H-pyrrole nitrogens is 2. The molecule has 3 atom stereocenters. The first-order valence-electron chi connectivity index (χ1n) is 21.0. The molecule has 4 N–H and O–H groups in total. The van der Waals surface area contributed by atoms with E-state index < -0.39 is 29.7 Å². The molecule has 5 heterocycles. The normalized spacial score (nSPS) is 20.3. The predicted molar refractivity (Wildman–Crippen MR) is 223 cm³/mol. The maximum Gasteiger partial charge on any atom is 0.410 e. The summed E-state index contributed by atoms with van der Waals surface area (Å²) >= 11 is 0. The second kappa shape index (κ2) is 15.7. The first kappa shape index (κ1) is 40.3. The number of alkyl halides is 2. The second-order valence-electron chi connectivity index (χ2n) is 17.4. The van der Waals surface area contributed by atoms with Gasteiger partial charge in [0, 0.05) is 43.0 Å². The zero-order valence-corrected chi connectivity index (χ0v) is 34.3. The largest absolute Gasteiger partial charge is 0.465 e. The highest BCUT2D eigenvalue weighted by atomic mass is 19.3. The molecule has 3 fully saturated rings. The number of halogens is 2. The lowest BCUT2D eigenvalue weighted by Gasteiger charge is -2.33. The number of carbonyl (C=O) groups is 3. The lowest BCUT2D eigenvalue weighted by atomic mass is 9.90. The summed E-state index contributed by atoms with van der Waals surface area (Å²) in [5.41, 5.74) is 4.37. The van der Waals surface area contributed by atoms with Gasteiger partial charge in [-0.3, -0.25) is 9.69 Å². The van der Waals surface area contributed by atoms with Gasteiger partial charge in [0.2, 0.25) is 5.91 Å². The van der Waals surface area contributed by atoms with Gasteiger partial charge in [0.05, 0.1) is 35.9 Å². The predicted octanol–water partition coefficient (Wildman–Crippen LogP) is 9.05. The SMILES string of the molecule is CC(C)(C)OC(=O)N1CCC[C@H]1c1ncc(-c2ccc(-c3ccc4c(c3)C(F)(F)c3cc(-c5cnc([C@@H]6CCCN6C(=O)C(NC(=O)O)C6CCOCC6)[nH]5)ccc3-4)cc2)[nH]1. The highest BCUT2D eigenvalue weighted by molar-refractivity contribution is 5.87. The fraction of sp³-hybridized carbons (Fsp3) is 0.413. The second-order valence-corrected chi connectivity index (χ2v) is 17.4. The number of hydrogen-bond acceptors (Lipinski definition) is 7. The van der Waals surface area contributed by atoms with E-state index in [0.717, 1.165) is 36.1 Å². The Labute approximate surface area is 351 Å². The average Bonchev–Trinajstić information content (AvgIpc) is 4.10. The first-order chi connectivity index (χ1) is 29.2. The number of fused-ring (bicyclic) bond motifs is 3. The molecule has 0 radical (unpaired) electrons. The molecule has 3 aromatic carbocycles. The molecular formula is C46H49F2N7O6. The van der Waals surface area contributed by atoms with E-state index in [1.807, 2.05) is 51.1 Å². The van der Waals surface area contributed by atoms with E-state index in [9.17, 15) is 19.5 Å². The van der Waals surface area contributed by atoms with Crippen molar-refractivity contribution < 1.29 is 37.7 Å². The molecule has 61 heavy (non-hydrogen) atoms. The van der Waals surface area contributed by atoms with E-state index in [0.29, 0.717) is 85.2 Å². The third-order valence-corrected chi connectivity index (χ3v) is 12.4. The van der Waals surface area contributed by atoms with Crippen LogP contribution in [0.5, 0.6) is 0 Å². The van der Waals surface area contributed by atoms with E-state index >= 15 is 8.78 Å². The van der Waals surface area contributed by atoms with Crippen LogP contribution in [0, 0.1) is 5.92 Å². The minimum Gasteiger partial charge on any atom is -0.465 e. The molecular weight excluding hydrogens is 785 g/mol. The van der Waals surface area contributed by atoms with Crippen molar-refractivity contribution in [3.63, 3.8) is 0 Å². The monoisotopic (exact) mass is 833 g/mol. The summed E-state index contributed by atoms with van der Waals surface area (Å²) in [7, 11) is 0. The van der Waals surface area contributed by atoms with Crippen LogP contribution in [0.4, 0.5) is 18.4 Å². The Hall–Kier alpha value is -6.09. The van der Waals surface area contributed by atoms with Crippen LogP contribution in [-0.4, -0.2) is 90.9 Å². The van der Waals surface area contributed by atoms with Crippen molar-refractivity contribution >= 4 is 18.1 Å².